The maximum absolute atomic E-state index is 14.6. The standard InChI is InChI=1S/C38H50N4O2/c1-40(2)25-26-42-34-20-14-13-19-33(34)36(37(42)38(43)39-31-17-11-6-5-7-12-18-31)35(29-15-9-8-10-16-29)30-21-23-32(24-22-30)44-28-27-41(3)4/h8-10,13-16,19-24,31,35H,5-7,11-12,17-18,25-28H2,1-4H3,(H,39,43). The van der Waals surface area contributed by atoms with Gasteiger partial charge in [0.05, 0.1) is 0 Å². The van der Waals surface area contributed by atoms with Crippen molar-refractivity contribution >= 4 is 16.8 Å². The molecule has 0 bridgehead atoms. The summed E-state index contributed by atoms with van der Waals surface area (Å²) in [5.41, 5.74) is 5.29. The van der Waals surface area contributed by atoms with Gasteiger partial charge in [-0.2, -0.15) is 0 Å². The Balaban J connectivity index is 1.63. The van der Waals surface area contributed by atoms with E-state index in [9.17, 15) is 4.79 Å². The lowest BCUT2D eigenvalue weighted by Gasteiger charge is -2.24. The summed E-state index contributed by atoms with van der Waals surface area (Å²) in [5.74, 6) is 0.791. The minimum atomic E-state index is -0.115. The second-order valence-electron chi connectivity index (χ2n) is 12.8. The predicted octanol–water partition coefficient (Wildman–Crippen LogP) is 7.17. The highest BCUT2D eigenvalue weighted by molar-refractivity contribution is 6.03. The Hall–Kier alpha value is -3.61. The molecule has 1 atom stereocenters. The lowest BCUT2D eigenvalue weighted by Crippen LogP contribution is -2.37. The van der Waals surface area contributed by atoms with Gasteiger partial charge in [-0.1, -0.05) is 92.8 Å². The minimum Gasteiger partial charge on any atom is -0.492 e. The van der Waals surface area contributed by atoms with Gasteiger partial charge in [0.15, 0.2) is 0 Å². The number of nitrogens with one attached hydrogen (secondary N) is 1. The Morgan fingerprint density at radius 1 is 0.795 bits per heavy atom. The van der Waals surface area contributed by atoms with E-state index in [1.54, 1.807) is 0 Å². The van der Waals surface area contributed by atoms with Crippen LogP contribution in [0, 0.1) is 0 Å². The first-order chi connectivity index (χ1) is 21.4. The maximum Gasteiger partial charge on any atom is 0.268 e. The fourth-order valence-electron chi connectivity index (χ4n) is 6.53. The number of ether oxygens (including phenoxy) is 1. The molecule has 234 valence electrons. The molecule has 44 heavy (non-hydrogen) atoms. The molecule has 0 spiro atoms. The Morgan fingerprint density at radius 2 is 1.41 bits per heavy atom. The molecule has 1 N–H and O–H groups in total. The fourth-order valence-corrected chi connectivity index (χ4v) is 6.53. The van der Waals surface area contributed by atoms with Crippen molar-refractivity contribution < 1.29 is 9.53 Å². The molecule has 6 nitrogen and oxygen atoms in total. The van der Waals surface area contributed by atoms with E-state index in [0.29, 0.717) is 6.61 Å². The number of para-hydroxylation sites is 1. The Kier molecular flexibility index (Phi) is 11.1. The molecule has 1 amide bonds. The zero-order chi connectivity index (χ0) is 30.9. The second-order valence-corrected chi connectivity index (χ2v) is 12.8. The van der Waals surface area contributed by atoms with E-state index in [1.807, 2.05) is 0 Å². The van der Waals surface area contributed by atoms with Gasteiger partial charge >= 0.3 is 0 Å². The minimum absolute atomic E-state index is 0.0464. The Bertz CT molecular complexity index is 1470. The molecule has 5 rings (SSSR count). The van der Waals surface area contributed by atoms with E-state index >= 15 is 0 Å². The van der Waals surface area contributed by atoms with Crippen LogP contribution in [0.5, 0.6) is 5.75 Å². The van der Waals surface area contributed by atoms with E-state index in [0.717, 1.165) is 65.9 Å². The molecule has 0 aliphatic heterocycles. The van der Waals surface area contributed by atoms with E-state index in [2.05, 4.69) is 127 Å². The third-order valence-corrected chi connectivity index (χ3v) is 8.88. The van der Waals surface area contributed by atoms with E-state index in [1.165, 1.54) is 37.7 Å². The lowest BCUT2D eigenvalue weighted by atomic mass is 9.83. The molecule has 1 heterocycles. The molecule has 0 saturated heterocycles. The number of carbonyl (C=O) groups excluding carboxylic acids is 1. The zero-order valence-electron chi connectivity index (χ0n) is 27.1. The van der Waals surface area contributed by atoms with Crippen LogP contribution in [0.1, 0.15) is 78.0 Å². The maximum atomic E-state index is 14.6. The van der Waals surface area contributed by atoms with E-state index < -0.39 is 0 Å². The first kappa shape index (κ1) is 31.8. The molecule has 1 aromatic heterocycles. The molecule has 1 unspecified atom stereocenters. The SMILES string of the molecule is CN(C)CCOc1ccc(C(c2ccccc2)c2c(C(=O)NC3CCCCCCC3)n(CCN(C)C)c3ccccc23)cc1. The molecular formula is C38H50N4O2. The van der Waals surface area contributed by atoms with Gasteiger partial charge in [-0.25, -0.2) is 0 Å². The summed E-state index contributed by atoms with van der Waals surface area (Å²) in [6.45, 7) is 3.08. The molecule has 1 aliphatic carbocycles. The molecule has 1 fully saturated rings. The van der Waals surface area contributed by atoms with Crippen LogP contribution >= 0.6 is 0 Å². The van der Waals surface area contributed by atoms with Gasteiger partial charge in [-0.3, -0.25) is 4.79 Å². The number of aromatic nitrogens is 1. The Morgan fingerprint density at radius 3 is 2.09 bits per heavy atom. The smallest absolute Gasteiger partial charge is 0.268 e. The van der Waals surface area contributed by atoms with Gasteiger partial charge in [-0.15, -0.1) is 0 Å². The van der Waals surface area contributed by atoms with Crippen molar-refractivity contribution in [1.82, 2.24) is 19.7 Å². The van der Waals surface area contributed by atoms with Crippen molar-refractivity contribution in [1.29, 1.82) is 0 Å². The number of rotatable bonds is 12. The lowest BCUT2D eigenvalue weighted by molar-refractivity contribution is 0.0919. The van der Waals surface area contributed by atoms with E-state index in [-0.39, 0.29) is 17.9 Å². The van der Waals surface area contributed by atoms with Crippen molar-refractivity contribution in [3.63, 3.8) is 0 Å². The number of hydrogen-bond acceptors (Lipinski definition) is 4. The number of carbonyl (C=O) groups is 1. The van der Waals surface area contributed by atoms with Crippen LogP contribution in [0.2, 0.25) is 0 Å². The molecule has 4 aromatic rings. The Labute approximate surface area is 264 Å². The van der Waals surface area contributed by atoms with Crippen LogP contribution in [0.3, 0.4) is 0 Å². The summed E-state index contributed by atoms with van der Waals surface area (Å²) in [7, 11) is 8.29. The number of benzene rings is 3. The normalized spacial score (nSPS) is 15.3. The number of likely N-dealkylation sites (N-methyl/N-ethyl adjacent to an activating group) is 2. The summed E-state index contributed by atoms with van der Waals surface area (Å²) in [5, 5.41) is 4.67. The third-order valence-electron chi connectivity index (χ3n) is 8.88. The molecular weight excluding hydrogens is 544 g/mol. The predicted molar refractivity (Wildman–Crippen MR) is 182 cm³/mol. The second kappa shape index (κ2) is 15.4. The van der Waals surface area contributed by atoms with Gasteiger partial charge in [0.2, 0.25) is 0 Å². The number of hydrogen-bond donors (Lipinski definition) is 1. The summed E-state index contributed by atoms with van der Waals surface area (Å²) in [6.07, 6.45) is 8.28. The third kappa shape index (κ3) is 7.91. The van der Waals surface area contributed by atoms with Crippen molar-refractivity contribution in [2.45, 2.75) is 63.5 Å². The van der Waals surface area contributed by atoms with Crippen LogP contribution in [0.25, 0.3) is 10.9 Å². The van der Waals surface area contributed by atoms with Crippen LogP contribution in [0.15, 0.2) is 78.9 Å². The van der Waals surface area contributed by atoms with Crippen molar-refractivity contribution in [2.24, 2.45) is 0 Å². The van der Waals surface area contributed by atoms with Gasteiger partial charge in [0.1, 0.15) is 18.1 Å². The van der Waals surface area contributed by atoms with Gasteiger partial charge in [0, 0.05) is 48.1 Å². The van der Waals surface area contributed by atoms with Crippen molar-refractivity contribution in [3.05, 3.63) is 101 Å². The van der Waals surface area contributed by atoms with Crippen LogP contribution < -0.4 is 10.1 Å². The molecule has 0 radical (unpaired) electrons. The monoisotopic (exact) mass is 594 g/mol. The molecule has 3 aromatic carbocycles. The largest absolute Gasteiger partial charge is 0.492 e. The first-order valence-corrected chi connectivity index (χ1v) is 16.4. The number of nitrogens with zero attached hydrogens (tertiary/aromatic N) is 3. The van der Waals surface area contributed by atoms with Gasteiger partial charge in [0.25, 0.3) is 5.91 Å². The van der Waals surface area contributed by atoms with Crippen LogP contribution in [-0.4, -0.2) is 74.2 Å². The van der Waals surface area contributed by atoms with Crippen LogP contribution in [0.4, 0.5) is 0 Å². The highest BCUT2D eigenvalue weighted by Crippen LogP contribution is 2.41. The first-order valence-electron chi connectivity index (χ1n) is 16.4. The van der Waals surface area contributed by atoms with Crippen molar-refractivity contribution in [3.8, 4) is 5.75 Å². The summed E-state index contributed by atoms with van der Waals surface area (Å²) >= 11 is 0. The molecule has 6 heteroatoms. The van der Waals surface area contributed by atoms with Gasteiger partial charge < -0.3 is 24.4 Å². The van der Waals surface area contributed by atoms with Crippen LogP contribution in [-0.2, 0) is 6.54 Å². The quantitative estimate of drug-likeness (QED) is 0.189. The van der Waals surface area contributed by atoms with Gasteiger partial charge in [-0.05, 0) is 70.4 Å². The zero-order valence-corrected chi connectivity index (χ0v) is 27.1. The average Bonchev–Trinajstić information content (AvgIpc) is 3.32. The number of amides is 1. The average molecular weight is 595 g/mol. The summed E-state index contributed by atoms with van der Waals surface area (Å²) < 4.78 is 8.32. The molecule has 1 saturated carbocycles. The molecule has 1 aliphatic rings. The highest BCUT2D eigenvalue weighted by atomic mass is 16.5. The summed E-state index contributed by atoms with van der Waals surface area (Å²) in [6, 6.07) is 27.9. The fraction of sp³-hybridized carbons (Fsp3) is 0.447. The number of fused-ring (bicyclic) bond motifs is 1. The van der Waals surface area contributed by atoms with Crippen molar-refractivity contribution in [2.75, 3.05) is 47.9 Å². The topological polar surface area (TPSA) is 49.7 Å². The van der Waals surface area contributed by atoms with E-state index in [4.69, 9.17) is 4.74 Å². The highest BCUT2D eigenvalue weighted by Gasteiger charge is 2.31. The summed E-state index contributed by atoms with van der Waals surface area (Å²) in [4.78, 5) is 18.9.